The number of hydrogen-bond donors (Lipinski definition) is 1. The van der Waals surface area contributed by atoms with Crippen molar-refractivity contribution in [2.45, 2.75) is 77.5 Å². The minimum absolute atomic E-state index is 0.0501. The summed E-state index contributed by atoms with van der Waals surface area (Å²) in [7, 11) is -0.399. The van der Waals surface area contributed by atoms with Crippen molar-refractivity contribution >= 4 is 18.5 Å². The third kappa shape index (κ3) is 3.71. The molecule has 2 aromatic rings. The van der Waals surface area contributed by atoms with Crippen LogP contribution in [0.25, 0.3) is 0 Å². The molecule has 1 saturated heterocycles. The van der Waals surface area contributed by atoms with E-state index in [-0.39, 0.29) is 28.3 Å². The van der Waals surface area contributed by atoms with Gasteiger partial charge in [-0.25, -0.2) is 0 Å². The molecule has 2 fully saturated rings. The van der Waals surface area contributed by atoms with Gasteiger partial charge in [-0.15, -0.1) is 0 Å². The minimum atomic E-state index is -0.399. The van der Waals surface area contributed by atoms with Crippen molar-refractivity contribution in [3.63, 3.8) is 0 Å². The minimum Gasteiger partial charge on any atom is -0.399 e. The van der Waals surface area contributed by atoms with E-state index in [1.54, 1.807) is 0 Å². The molecule has 1 aromatic carbocycles. The first kappa shape index (κ1) is 20.1. The summed E-state index contributed by atoms with van der Waals surface area (Å²) >= 11 is 0. The molecule has 1 aliphatic carbocycles. The van der Waals surface area contributed by atoms with Crippen LogP contribution in [-0.2, 0) is 21.3 Å². The Labute approximate surface area is 171 Å². The van der Waals surface area contributed by atoms with E-state index in [2.05, 4.69) is 22.4 Å². The summed E-state index contributed by atoms with van der Waals surface area (Å²) in [4.78, 5) is 16.6. The van der Waals surface area contributed by atoms with Crippen LogP contribution in [0.4, 0.5) is 0 Å². The maximum Gasteiger partial charge on any atom is 0.494 e. The highest BCUT2D eigenvalue weighted by Crippen LogP contribution is 2.46. The lowest BCUT2D eigenvalue weighted by Gasteiger charge is -2.32. The number of aromatic nitrogens is 2. The van der Waals surface area contributed by atoms with E-state index in [1.165, 1.54) is 0 Å². The van der Waals surface area contributed by atoms with Crippen molar-refractivity contribution < 1.29 is 18.6 Å². The molecule has 1 aromatic heterocycles. The second-order valence-electron chi connectivity index (χ2n) is 9.44. The molecule has 1 N–H and O–H groups in total. The normalized spacial score (nSPS) is 21.2. The average molecular weight is 397 g/mol. The molecule has 0 atom stereocenters. The number of aryl methyl sites for hydroxylation is 1. The Morgan fingerprint density at radius 1 is 1.14 bits per heavy atom. The molecule has 0 bridgehead atoms. The van der Waals surface area contributed by atoms with Gasteiger partial charge in [-0.2, -0.15) is 4.98 Å². The van der Waals surface area contributed by atoms with E-state index in [9.17, 15) is 4.79 Å². The molecule has 0 unspecified atom stereocenters. The van der Waals surface area contributed by atoms with Crippen LogP contribution in [0.5, 0.6) is 0 Å². The second-order valence-corrected chi connectivity index (χ2v) is 9.44. The fraction of sp³-hybridized carbons (Fsp3) is 0.571. The molecular weight excluding hydrogens is 369 g/mol. The van der Waals surface area contributed by atoms with E-state index in [0.29, 0.717) is 12.4 Å². The van der Waals surface area contributed by atoms with Crippen LogP contribution < -0.4 is 10.8 Å². The molecule has 7 nitrogen and oxygen atoms in total. The standard InChI is InChI=1S/C21H28BN3O4/c1-13-11-15(22-28-19(2,3)20(4,5)29-22)8-7-14(13)12-23-17(26)16-24-18(27-25-16)21(6)9-10-21/h7-8,11H,9-10,12H2,1-6H3,(H,23,26). The van der Waals surface area contributed by atoms with E-state index in [4.69, 9.17) is 13.8 Å². The topological polar surface area (TPSA) is 86.5 Å². The van der Waals surface area contributed by atoms with E-state index in [0.717, 1.165) is 29.4 Å². The van der Waals surface area contributed by atoms with E-state index in [1.807, 2.05) is 52.8 Å². The maximum atomic E-state index is 12.4. The van der Waals surface area contributed by atoms with Crippen LogP contribution >= 0.6 is 0 Å². The molecule has 1 aliphatic heterocycles. The number of carbonyl (C=O) groups excluding carboxylic acids is 1. The van der Waals surface area contributed by atoms with Crippen LogP contribution in [0.2, 0.25) is 0 Å². The first-order valence-electron chi connectivity index (χ1n) is 10.1. The molecule has 2 aliphatic rings. The molecule has 1 saturated carbocycles. The van der Waals surface area contributed by atoms with Crippen LogP contribution in [-0.4, -0.2) is 34.4 Å². The monoisotopic (exact) mass is 397 g/mol. The largest absolute Gasteiger partial charge is 0.494 e. The van der Waals surface area contributed by atoms with Gasteiger partial charge in [-0.3, -0.25) is 4.79 Å². The number of hydrogen-bond acceptors (Lipinski definition) is 6. The highest BCUT2D eigenvalue weighted by atomic mass is 16.7. The molecule has 0 radical (unpaired) electrons. The average Bonchev–Trinajstić information content (AvgIpc) is 3.11. The fourth-order valence-electron chi connectivity index (χ4n) is 3.26. The lowest BCUT2D eigenvalue weighted by atomic mass is 9.78. The Kier molecular flexibility index (Phi) is 4.62. The third-order valence-electron chi connectivity index (χ3n) is 6.48. The lowest BCUT2D eigenvalue weighted by Crippen LogP contribution is -2.41. The zero-order valence-corrected chi connectivity index (χ0v) is 18.0. The molecule has 29 heavy (non-hydrogen) atoms. The first-order valence-corrected chi connectivity index (χ1v) is 10.1. The van der Waals surface area contributed by atoms with Crippen LogP contribution in [0.3, 0.4) is 0 Å². The number of rotatable bonds is 5. The Morgan fingerprint density at radius 3 is 2.38 bits per heavy atom. The van der Waals surface area contributed by atoms with Gasteiger partial charge in [0.2, 0.25) is 5.89 Å². The third-order valence-corrected chi connectivity index (χ3v) is 6.48. The van der Waals surface area contributed by atoms with Crippen LogP contribution in [0.15, 0.2) is 22.7 Å². The molecule has 8 heteroatoms. The summed E-state index contributed by atoms with van der Waals surface area (Å²) in [6.45, 7) is 12.6. The van der Waals surface area contributed by atoms with Gasteiger partial charge in [-0.1, -0.05) is 30.3 Å². The zero-order chi connectivity index (χ0) is 21.0. The summed E-state index contributed by atoms with van der Waals surface area (Å²) in [5, 5.41) is 6.69. The van der Waals surface area contributed by atoms with Gasteiger partial charge in [-0.05, 0) is 64.1 Å². The Balaban J connectivity index is 1.40. The van der Waals surface area contributed by atoms with Gasteiger partial charge >= 0.3 is 7.12 Å². The van der Waals surface area contributed by atoms with Crippen molar-refractivity contribution in [3.8, 4) is 0 Å². The van der Waals surface area contributed by atoms with Gasteiger partial charge in [0.1, 0.15) is 0 Å². The number of carbonyl (C=O) groups is 1. The van der Waals surface area contributed by atoms with E-state index >= 15 is 0 Å². The summed E-state index contributed by atoms with van der Waals surface area (Å²) in [6.07, 6.45) is 2.04. The highest BCUT2D eigenvalue weighted by molar-refractivity contribution is 6.62. The number of nitrogens with zero attached hydrogens (tertiary/aromatic N) is 2. The number of benzene rings is 1. The molecule has 1 amide bonds. The van der Waals surface area contributed by atoms with Crippen molar-refractivity contribution in [2.75, 3.05) is 0 Å². The van der Waals surface area contributed by atoms with Crippen molar-refractivity contribution in [1.29, 1.82) is 0 Å². The zero-order valence-electron chi connectivity index (χ0n) is 18.0. The van der Waals surface area contributed by atoms with E-state index < -0.39 is 7.12 Å². The first-order chi connectivity index (χ1) is 13.5. The number of amides is 1. The molecular formula is C21H28BN3O4. The highest BCUT2D eigenvalue weighted by Gasteiger charge is 2.51. The second kappa shape index (κ2) is 6.67. The summed E-state index contributed by atoms with van der Waals surface area (Å²) in [6, 6.07) is 6.02. The van der Waals surface area contributed by atoms with Crippen molar-refractivity contribution in [3.05, 3.63) is 41.0 Å². The molecule has 0 spiro atoms. The van der Waals surface area contributed by atoms with Crippen molar-refractivity contribution in [1.82, 2.24) is 15.5 Å². The van der Waals surface area contributed by atoms with Gasteiger partial charge in [0, 0.05) is 12.0 Å². The molecule has 4 rings (SSSR count). The lowest BCUT2D eigenvalue weighted by molar-refractivity contribution is 0.00578. The summed E-state index contributed by atoms with van der Waals surface area (Å²) < 4.78 is 17.5. The fourth-order valence-corrected chi connectivity index (χ4v) is 3.26. The van der Waals surface area contributed by atoms with Gasteiger partial charge in [0.15, 0.2) is 0 Å². The quantitative estimate of drug-likeness (QED) is 0.781. The van der Waals surface area contributed by atoms with Gasteiger partial charge < -0.3 is 19.1 Å². The Hall–Kier alpha value is -2.19. The maximum absolute atomic E-state index is 12.4. The molecule has 2 heterocycles. The summed E-state index contributed by atoms with van der Waals surface area (Å²) in [5.74, 6) is 0.295. The van der Waals surface area contributed by atoms with Crippen LogP contribution in [0, 0.1) is 6.92 Å². The Bertz CT molecular complexity index is 933. The van der Waals surface area contributed by atoms with Crippen molar-refractivity contribution in [2.24, 2.45) is 0 Å². The van der Waals surface area contributed by atoms with Crippen LogP contribution in [0.1, 0.15) is 75.1 Å². The number of nitrogens with one attached hydrogen (secondary N) is 1. The predicted octanol–water partition coefficient (Wildman–Crippen LogP) is 2.66. The van der Waals surface area contributed by atoms with Gasteiger partial charge in [0.05, 0.1) is 11.2 Å². The smallest absolute Gasteiger partial charge is 0.399 e. The van der Waals surface area contributed by atoms with Gasteiger partial charge in [0.25, 0.3) is 11.7 Å². The predicted molar refractivity (Wildman–Crippen MR) is 109 cm³/mol. The molecule has 154 valence electrons. The SMILES string of the molecule is Cc1cc(B2OC(C)(C)C(C)(C)O2)ccc1CNC(=O)c1noc(C2(C)CC2)n1. The summed E-state index contributed by atoms with van der Waals surface area (Å²) in [5.41, 5.74) is 2.23. The Morgan fingerprint density at radius 2 is 1.79 bits per heavy atom.